The number of hydrogen-bond acceptors (Lipinski definition) is 6. The van der Waals surface area contributed by atoms with Gasteiger partial charge in [-0.3, -0.25) is 4.79 Å². The maximum atomic E-state index is 13.3. The molecule has 140 valence electrons. The van der Waals surface area contributed by atoms with Gasteiger partial charge >= 0.3 is 0 Å². The number of rotatable bonds is 4. The Morgan fingerprint density at radius 3 is 2.74 bits per heavy atom. The second kappa shape index (κ2) is 7.30. The number of carbonyl (C=O) groups excluding carboxylic acids is 1. The molecule has 4 rings (SSSR count). The van der Waals surface area contributed by atoms with Gasteiger partial charge in [-0.05, 0) is 55.6 Å². The SMILES string of the molecule is NC(=O)c1nnc([C@@H](N)[C@H]2CCCNC2)c2cc(-c3ccc(F)cc3)sc12. The van der Waals surface area contributed by atoms with Crippen molar-refractivity contribution in [2.24, 2.45) is 17.4 Å². The second-order valence-electron chi connectivity index (χ2n) is 6.79. The first-order chi connectivity index (χ1) is 13.0. The summed E-state index contributed by atoms with van der Waals surface area (Å²) < 4.78 is 13.9. The monoisotopic (exact) mass is 385 g/mol. The standard InChI is InChI=1S/C19H20FN5OS/c20-12-5-3-10(4-6-12)14-8-13-16(15(21)11-2-1-7-23-9-11)24-25-17(19(22)26)18(13)27-14/h3-6,8,11,15,23H,1-2,7,9,21H2,(H2,22,26)/t11-,15-/m0/s1. The zero-order chi connectivity index (χ0) is 19.0. The molecule has 5 N–H and O–H groups in total. The molecule has 0 spiro atoms. The summed E-state index contributed by atoms with van der Waals surface area (Å²) >= 11 is 1.39. The van der Waals surface area contributed by atoms with E-state index in [0.29, 0.717) is 10.4 Å². The van der Waals surface area contributed by atoms with E-state index in [-0.39, 0.29) is 23.5 Å². The number of thiophene rings is 1. The molecule has 0 radical (unpaired) electrons. The third-order valence-electron chi connectivity index (χ3n) is 5.00. The van der Waals surface area contributed by atoms with Crippen LogP contribution in [0.2, 0.25) is 0 Å². The molecule has 0 bridgehead atoms. The number of nitrogens with two attached hydrogens (primary N) is 2. The van der Waals surface area contributed by atoms with Gasteiger partial charge in [-0.1, -0.05) is 12.1 Å². The molecule has 1 fully saturated rings. The average molecular weight is 385 g/mol. The number of carbonyl (C=O) groups is 1. The van der Waals surface area contributed by atoms with Crippen LogP contribution in [0.3, 0.4) is 0 Å². The van der Waals surface area contributed by atoms with Crippen LogP contribution in [0.4, 0.5) is 4.39 Å². The highest BCUT2D eigenvalue weighted by Crippen LogP contribution is 2.38. The number of aromatic nitrogens is 2. The number of hydrogen-bond donors (Lipinski definition) is 3. The van der Waals surface area contributed by atoms with Gasteiger partial charge in [0.05, 0.1) is 16.4 Å². The largest absolute Gasteiger partial charge is 0.364 e. The third kappa shape index (κ3) is 3.43. The lowest BCUT2D eigenvalue weighted by Crippen LogP contribution is -2.36. The molecule has 27 heavy (non-hydrogen) atoms. The molecule has 2 atom stereocenters. The zero-order valence-corrected chi connectivity index (χ0v) is 15.4. The summed E-state index contributed by atoms with van der Waals surface area (Å²) in [6.45, 7) is 1.83. The van der Waals surface area contributed by atoms with Gasteiger partial charge < -0.3 is 16.8 Å². The second-order valence-corrected chi connectivity index (χ2v) is 7.84. The van der Waals surface area contributed by atoms with Crippen LogP contribution in [0, 0.1) is 11.7 Å². The van der Waals surface area contributed by atoms with Crippen molar-refractivity contribution in [3.63, 3.8) is 0 Å². The molecule has 3 aromatic rings. The van der Waals surface area contributed by atoms with Crippen LogP contribution in [-0.2, 0) is 0 Å². The van der Waals surface area contributed by atoms with Crippen molar-refractivity contribution in [1.82, 2.24) is 15.5 Å². The molecule has 1 aromatic carbocycles. The predicted octanol–water partition coefficient (Wildman–Crippen LogP) is 2.60. The van der Waals surface area contributed by atoms with E-state index in [1.165, 1.54) is 23.5 Å². The summed E-state index contributed by atoms with van der Waals surface area (Å²) in [5, 5.41) is 12.5. The summed E-state index contributed by atoms with van der Waals surface area (Å²) in [4.78, 5) is 12.7. The highest BCUT2D eigenvalue weighted by Gasteiger charge is 2.27. The highest BCUT2D eigenvalue weighted by molar-refractivity contribution is 7.22. The normalized spacial score (nSPS) is 18.5. The van der Waals surface area contributed by atoms with E-state index in [0.717, 1.165) is 41.8 Å². The highest BCUT2D eigenvalue weighted by atomic mass is 32.1. The molecular weight excluding hydrogens is 365 g/mol. The smallest absolute Gasteiger partial charge is 0.270 e. The number of piperidine rings is 1. The van der Waals surface area contributed by atoms with Gasteiger partial charge in [0.1, 0.15) is 5.82 Å². The van der Waals surface area contributed by atoms with E-state index in [2.05, 4.69) is 15.5 Å². The maximum Gasteiger partial charge on any atom is 0.270 e. The predicted molar refractivity (Wildman–Crippen MR) is 104 cm³/mol. The summed E-state index contributed by atoms with van der Waals surface area (Å²) in [6, 6.07) is 7.88. The first kappa shape index (κ1) is 18.0. The van der Waals surface area contributed by atoms with Crippen LogP contribution in [-0.4, -0.2) is 29.2 Å². The molecule has 1 aliphatic heterocycles. The minimum Gasteiger partial charge on any atom is -0.364 e. The van der Waals surface area contributed by atoms with Crippen molar-refractivity contribution >= 4 is 27.3 Å². The molecular formula is C19H20FN5OS. The van der Waals surface area contributed by atoms with Crippen molar-refractivity contribution in [3.8, 4) is 10.4 Å². The first-order valence-corrected chi connectivity index (χ1v) is 9.68. The van der Waals surface area contributed by atoms with Gasteiger partial charge in [-0.15, -0.1) is 16.4 Å². The first-order valence-electron chi connectivity index (χ1n) is 8.86. The van der Waals surface area contributed by atoms with Crippen molar-refractivity contribution < 1.29 is 9.18 Å². The minimum absolute atomic E-state index is 0.140. The molecule has 0 aliphatic carbocycles. The summed E-state index contributed by atoms with van der Waals surface area (Å²) in [7, 11) is 0. The van der Waals surface area contributed by atoms with Crippen molar-refractivity contribution in [3.05, 3.63) is 47.5 Å². The molecule has 8 heteroatoms. The Labute approximate surface area is 159 Å². The lowest BCUT2D eigenvalue weighted by Gasteiger charge is -2.27. The van der Waals surface area contributed by atoms with Crippen molar-refractivity contribution in [1.29, 1.82) is 0 Å². The van der Waals surface area contributed by atoms with Gasteiger partial charge in [0, 0.05) is 10.3 Å². The Balaban J connectivity index is 1.83. The van der Waals surface area contributed by atoms with Gasteiger partial charge in [-0.25, -0.2) is 4.39 Å². The number of fused-ring (bicyclic) bond motifs is 1. The van der Waals surface area contributed by atoms with E-state index < -0.39 is 5.91 Å². The van der Waals surface area contributed by atoms with Crippen LogP contribution in [0.15, 0.2) is 30.3 Å². The number of primary amides is 1. The van der Waals surface area contributed by atoms with Crippen LogP contribution in [0.1, 0.15) is 35.1 Å². The Hall–Kier alpha value is -2.42. The van der Waals surface area contributed by atoms with Gasteiger partial charge in [0.15, 0.2) is 5.69 Å². The Morgan fingerprint density at radius 2 is 2.07 bits per heavy atom. The Kier molecular flexibility index (Phi) is 4.86. The zero-order valence-electron chi connectivity index (χ0n) is 14.6. The van der Waals surface area contributed by atoms with Gasteiger partial charge in [0.25, 0.3) is 5.91 Å². The molecule has 1 aliphatic rings. The van der Waals surface area contributed by atoms with E-state index in [9.17, 15) is 9.18 Å². The maximum absolute atomic E-state index is 13.3. The van der Waals surface area contributed by atoms with Crippen LogP contribution < -0.4 is 16.8 Å². The molecule has 2 aromatic heterocycles. The number of nitrogens with zero attached hydrogens (tertiary/aromatic N) is 2. The summed E-state index contributed by atoms with van der Waals surface area (Å²) in [5.41, 5.74) is 13.7. The molecule has 3 heterocycles. The minimum atomic E-state index is -0.625. The fourth-order valence-electron chi connectivity index (χ4n) is 3.53. The fourth-order valence-corrected chi connectivity index (χ4v) is 4.69. The van der Waals surface area contributed by atoms with Crippen molar-refractivity contribution in [2.45, 2.75) is 18.9 Å². The van der Waals surface area contributed by atoms with E-state index >= 15 is 0 Å². The number of nitrogens with one attached hydrogen (secondary N) is 1. The lowest BCUT2D eigenvalue weighted by atomic mass is 9.89. The van der Waals surface area contributed by atoms with E-state index in [4.69, 9.17) is 11.5 Å². The topological polar surface area (TPSA) is 107 Å². The van der Waals surface area contributed by atoms with Crippen LogP contribution in [0.5, 0.6) is 0 Å². The number of benzene rings is 1. The molecule has 0 unspecified atom stereocenters. The van der Waals surface area contributed by atoms with Crippen LogP contribution in [0.25, 0.3) is 20.5 Å². The van der Waals surface area contributed by atoms with E-state index in [1.807, 2.05) is 6.07 Å². The van der Waals surface area contributed by atoms with E-state index in [1.54, 1.807) is 12.1 Å². The number of halogens is 1. The third-order valence-corrected chi connectivity index (χ3v) is 6.19. The Morgan fingerprint density at radius 1 is 1.30 bits per heavy atom. The number of amides is 1. The fraction of sp³-hybridized carbons (Fsp3) is 0.316. The van der Waals surface area contributed by atoms with Gasteiger partial charge in [-0.2, -0.15) is 5.10 Å². The lowest BCUT2D eigenvalue weighted by molar-refractivity contribution is 0.0996. The van der Waals surface area contributed by atoms with Crippen molar-refractivity contribution in [2.75, 3.05) is 13.1 Å². The van der Waals surface area contributed by atoms with Gasteiger partial charge in [0.2, 0.25) is 0 Å². The molecule has 0 saturated carbocycles. The summed E-state index contributed by atoms with van der Waals surface area (Å²) in [6.07, 6.45) is 2.09. The molecule has 1 amide bonds. The summed E-state index contributed by atoms with van der Waals surface area (Å²) in [5.74, 6) is -0.669. The Bertz CT molecular complexity index is 982. The quantitative estimate of drug-likeness (QED) is 0.640. The molecule has 1 saturated heterocycles. The average Bonchev–Trinajstić information content (AvgIpc) is 3.13. The molecule has 6 nitrogen and oxygen atoms in total. The van der Waals surface area contributed by atoms with Crippen LogP contribution >= 0.6 is 11.3 Å².